The lowest BCUT2D eigenvalue weighted by molar-refractivity contribution is 0.0955. The van der Waals surface area contributed by atoms with Gasteiger partial charge in [-0.1, -0.05) is 11.6 Å². The minimum Gasteiger partial charge on any atom is -0.352 e. The van der Waals surface area contributed by atoms with Crippen LogP contribution in [0, 0.1) is 0 Å². The van der Waals surface area contributed by atoms with Crippen molar-refractivity contribution in [2.45, 2.75) is 32.1 Å². The van der Waals surface area contributed by atoms with Gasteiger partial charge in [0.1, 0.15) is 5.65 Å². The first-order chi connectivity index (χ1) is 10.3. The number of hydrogen-bond donors (Lipinski definition) is 1. The summed E-state index contributed by atoms with van der Waals surface area (Å²) in [6.07, 6.45) is 11.9. The van der Waals surface area contributed by atoms with E-state index in [-0.39, 0.29) is 5.91 Å². The van der Waals surface area contributed by atoms with Gasteiger partial charge in [-0.15, -0.1) is 0 Å². The molecule has 21 heavy (non-hydrogen) atoms. The first-order valence-electron chi connectivity index (χ1n) is 7.62. The summed E-state index contributed by atoms with van der Waals surface area (Å²) in [6, 6.07) is 3.81. The van der Waals surface area contributed by atoms with Crippen LogP contribution in [0.25, 0.3) is 11.0 Å². The lowest BCUT2D eigenvalue weighted by Crippen LogP contribution is -2.24. The smallest absolute Gasteiger partial charge is 0.253 e. The first kappa shape index (κ1) is 13.9. The van der Waals surface area contributed by atoms with E-state index in [9.17, 15) is 4.79 Å². The SMILES string of the molecule is Cn1cc(C(=O)NCCC2=CCCCC2)c2cccnc21. The number of pyridine rings is 1. The highest BCUT2D eigenvalue weighted by molar-refractivity contribution is 6.06. The molecule has 0 unspecified atom stereocenters. The van der Waals surface area contributed by atoms with E-state index < -0.39 is 0 Å². The second-order valence-electron chi connectivity index (χ2n) is 5.64. The third-order valence-corrected chi connectivity index (χ3v) is 4.10. The van der Waals surface area contributed by atoms with Crippen LogP contribution in [0.3, 0.4) is 0 Å². The van der Waals surface area contributed by atoms with Crippen molar-refractivity contribution < 1.29 is 4.79 Å². The summed E-state index contributed by atoms with van der Waals surface area (Å²) in [5.41, 5.74) is 3.04. The molecule has 1 aliphatic carbocycles. The van der Waals surface area contributed by atoms with Crippen molar-refractivity contribution in [2.24, 2.45) is 7.05 Å². The Balaban J connectivity index is 1.65. The quantitative estimate of drug-likeness (QED) is 0.876. The fourth-order valence-corrected chi connectivity index (χ4v) is 2.96. The van der Waals surface area contributed by atoms with Crippen LogP contribution in [0.1, 0.15) is 42.5 Å². The van der Waals surface area contributed by atoms with Crippen molar-refractivity contribution in [3.63, 3.8) is 0 Å². The molecule has 0 fully saturated rings. The molecule has 110 valence electrons. The van der Waals surface area contributed by atoms with Crippen molar-refractivity contribution >= 4 is 16.9 Å². The van der Waals surface area contributed by atoms with Gasteiger partial charge in [0.2, 0.25) is 0 Å². The van der Waals surface area contributed by atoms with Gasteiger partial charge in [0.25, 0.3) is 5.91 Å². The van der Waals surface area contributed by atoms with Gasteiger partial charge in [-0.25, -0.2) is 4.98 Å². The molecule has 0 aliphatic heterocycles. The summed E-state index contributed by atoms with van der Waals surface area (Å²) >= 11 is 0. The molecule has 0 atom stereocenters. The maximum Gasteiger partial charge on any atom is 0.253 e. The Kier molecular flexibility index (Phi) is 4.04. The Bertz CT molecular complexity index is 684. The number of carbonyl (C=O) groups is 1. The molecule has 0 saturated heterocycles. The van der Waals surface area contributed by atoms with Crippen molar-refractivity contribution in [3.05, 3.63) is 41.7 Å². The maximum atomic E-state index is 12.3. The van der Waals surface area contributed by atoms with Crippen LogP contribution < -0.4 is 5.32 Å². The van der Waals surface area contributed by atoms with Crippen molar-refractivity contribution in [1.29, 1.82) is 0 Å². The summed E-state index contributed by atoms with van der Waals surface area (Å²) in [6.45, 7) is 0.710. The predicted molar refractivity (Wildman–Crippen MR) is 84.2 cm³/mol. The minimum absolute atomic E-state index is 0.00925. The summed E-state index contributed by atoms with van der Waals surface area (Å²) in [5, 5.41) is 3.94. The molecule has 3 rings (SSSR count). The number of nitrogens with one attached hydrogen (secondary N) is 1. The molecular formula is C17H21N3O. The molecule has 1 amide bonds. The molecule has 4 heteroatoms. The van der Waals surface area contributed by atoms with Gasteiger partial charge in [-0.3, -0.25) is 4.79 Å². The Hall–Kier alpha value is -2.10. The van der Waals surface area contributed by atoms with E-state index in [1.807, 2.05) is 29.9 Å². The molecule has 4 nitrogen and oxygen atoms in total. The van der Waals surface area contributed by atoms with Crippen LogP contribution in [0.4, 0.5) is 0 Å². The zero-order chi connectivity index (χ0) is 14.7. The average molecular weight is 283 g/mol. The van der Waals surface area contributed by atoms with Gasteiger partial charge in [0.15, 0.2) is 0 Å². The van der Waals surface area contributed by atoms with E-state index in [1.54, 1.807) is 6.20 Å². The number of hydrogen-bond acceptors (Lipinski definition) is 2. The van der Waals surface area contributed by atoms with E-state index in [0.29, 0.717) is 12.1 Å². The number of rotatable bonds is 4. The first-order valence-corrected chi connectivity index (χ1v) is 7.62. The third kappa shape index (κ3) is 2.99. The molecule has 2 aromatic heterocycles. The van der Waals surface area contributed by atoms with E-state index in [1.165, 1.54) is 31.3 Å². The highest BCUT2D eigenvalue weighted by Crippen LogP contribution is 2.20. The van der Waals surface area contributed by atoms with Gasteiger partial charge < -0.3 is 9.88 Å². The highest BCUT2D eigenvalue weighted by atomic mass is 16.1. The summed E-state index contributed by atoms with van der Waals surface area (Å²) in [7, 11) is 1.92. The van der Waals surface area contributed by atoms with E-state index in [0.717, 1.165) is 17.5 Å². The number of amides is 1. The van der Waals surface area contributed by atoms with Crippen molar-refractivity contribution in [3.8, 4) is 0 Å². The average Bonchev–Trinajstić information content (AvgIpc) is 2.86. The molecule has 1 aliphatic rings. The molecule has 2 heterocycles. The predicted octanol–water partition coefficient (Wildman–Crippen LogP) is 3.19. The number of carbonyl (C=O) groups excluding carboxylic acids is 1. The number of aryl methyl sites for hydroxylation is 1. The van der Waals surface area contributed by atoms with Crippen LogP contribution in [-0.4, -0.2) is 22.0 Å². The third-order valence-electron chi connectivity index (χ3n) is 4.10. The maximum absolute atomic E-state index is 12.3. The molecule has 0 radical (unpaired) electrons. The fourth-order valence-electron chi connectivity index (χ4n) is 2.96. The number of fused-ring (bicyclic) bond motifs is 1. The van der Waals surface area contributed by atoms with Gasteiger partial charge in [-0.2, -0.15) is 0 Å². The Morgan fingerprint density at radius 2 is 2.33 bits per heavy atom. The second kappa shape index (κ2) is 6.12. The summed E-state index contributed by atoms with van der Waals surface area (Å²) < 4.78 is 1.90. The molecule has 2 aromatic rings. The Morgan fingerprint density at radius 3 is 3.14 bits per heavy atom. The molecular weight excluding hydrogens is 262 g/mol. The van der Waals surface area contributed by atoms with Crippen LogP contribution in [-0.2, 0) is 7.05 Å². The van der Waals surface area contributed by atoms with Crippen LogP contribution in [0.2, 0.25) is 0 Å². The standard InChI is InChI=1S/C17H21N3O/c1-20-12-15(14-8-5-10-18-16(14)20)17(21)19-11-9-13-6-3-2-4-7-13/h5-6,8,10,12H,2-4,7,9,11H2,1H3,(H,19,21). The monoisotopic (exact) mass is 283 g/mol. The lowest BCUT2D eigenvalue weighted by Gasteiger charge is -2.12. The Morgan fingerprint density at radius 1 is 1.43 bits per heavy atom. The Labute approximate surface area is 124 Å². The fraction of sp³-hybridized carbons (Fsp3) is 0.412. The van der Waals surface area contributed by atoms with Gasteiger partial charge >= 0.3 is 0 Å². The highest BCUT2D eigenvalue weighted by Gasteiger charge is 2.14. The van der Waals surface area contributed by atoms with Crippen molar-refractivity contribution in [2.75, 3.05) is 6.54 Å². The normalized spacial score (nSPS) is 15.0. The molecule has 0 aromatic carbocycles. The number of nitrogens with zero attached hydrogens (tertiary/aromatic N) is 2. The topological polar surface area (TPSA) is 46.9 Å². The van der Waals surface area contributed by atoms with E-state index >= 15 is 0 Å². The van der Waals surface area contributed by atoms with Gasteiger partial charge in [0, 0.05) is 31.4 Å². The van der Waals surface area contributed by atoms with Crippen LogP contribution >= 0.6 is 0 Å². The molecule has 1 N–H and O–H groups in total. The van der Waals surface area contributed by atoms with Crippen LogP contribution in [0.15, 0.2) is 36.2 Å². The number of aromatic nitrogens is 2. The summed E-state index contributed by atoms with van der Waals surface area (Å²) in [4.78, 5) is 16.7. The second-order valence-corrected chi connectivity index (χ2v) is 5.64. The van der Waals surface area contributed by atoms with Gasteiger partial charge in [0.05, 0.1) is 5.56 Å². The lowest BCUT2D eigenvalue weighted by atomic mass is 9.97. The zero-order valence-corrected chi connectivity index (χ0v) is 12.4. The largest absolute Gasteiger partial charge is 0.352 e. The van der Waals surface area contributed by atoms with Crippen LogP contribution in [0.5, 0.6) is 0 Å². The van der Waals surface area contributed by atoms with Crippen molar-refractivity contribution in [1.82, 2.24) is 14.9 Å². The number of allylic oxidation sites excluding steroid dienone is 1. The minimum atomic E-state index is -0.00925. The molecule has 0 bridgehead atoms. The zero-order valence-electron chi connectivity index (χ0n) is 12.4. The van der Waals surface area contributed by atoms with Gasteiger partial charge in [-0.05, 0) is 44.2 Å². The summed E-state index contributed by atoms with van der Waals surface area (Å²) in [5.74, 6) is -0.00925. The molecule has 0 spiro atoms. The molecule has 0 saturated carbocycles. The van der Waals surface area contributed by atoms with E-state index in [2.05, 4.69) is 16.4 Å². The van der Waals surface area contributed by atoms with E-state index in [4.69, 9.17) is 0 Å².